The normalized spacial score (nSPS) is 17.8. The van der Waals surface area contributed by atoms with E-state index in [0.29, 0.717) is 0 Å². The first-order valence-electron chi connectivity index (χ1n) is 5.91. The maximum absolute atomic E-state index is 5.97. The number of hydrogen-bond donors (Lipinski definition) is 1. The zero-order valence-corrected chi connectivity index (χ0v) is 10.1. The molecule has 2 heterocycles. The van der Waals surface area contributed by atoms with Crippen LogP contribution >= 0.6 is 0 Å². The summed E-state index contributed by atoms with van der Waals surface area (Å²) in [6.45, 7) is 9.59. The second-order valence-corrected chi connectivity index (χ2v) is 4.29. The van der Waals surface area contributed by atoms with Crippen LogP contribution in [-0.4, -0.2) is 42.6 Å². The first-order chi connectivity index (χ1) is 7.70. The molecule has 1 aliphatic rings. The summed E-state index contributed by atoms with van der Waals surface area (Å²) in [4.78, 5) is 9.26. The lowest BCUT2D eigenvalue weighted by Crippen LogP contribution is -2.46. The number of hydrogen-bond acceptors (Lipinski definition) is 4. The van der Waals surface area contributed by atoms with E-state index in [2.05, 4.69) is 21.7 Å². The Morgan fingerprint density at radius 2 is 1.94 bits per heavy atom. The fraction of sp³-hybridized carbons (Fsp3) is 0.583. The SMILES string of the molecule is CCN1CCN(c2nc(C)ccc2N)CC1. The van der Waals surface area contributed by atoms with E-state index in [4.69, 9.17) is 5.73 Å². The number of aromatic nitrogens is 1. The molecule has 16 heavy (non-hydrogen) atoms. The maximum atomic E-state index is 5.97. The Morgan fingerprint density at radius 3 is 2.56 bits per heavy atom. The molecule has 1 saturated heterocycles. The maximum Gasteiger partial charge on any atom is 0.152 e. The molecular formula is C12H20N4. The molecule has 4 nitrogen and oxygen atoms in total. The van der Waals surface area contributed by atoms with Crippen LogP contribution in [0.15, 0.2) is 12.1 Å². The molecule has 1 aromatic rings. The van der Waals surface area contributed by atoms with E-state index < -0.39 is 0 Å². The lowest BCUT2D eigenvalue weighted by molar-refractivity contribution is 0.270. The molecule has 1 aromatic heterocycles. The van der Waals surface area contributed by atoms with Gasteiger partial charge >= 0.3 is 0 Å². The first kappa shape index (κ1) is 11.2. The van der Waals surface area contributed by atoms with E-state index in [1.54, 1.807) is 0 Å². The summed E-state index contributed by atoms with van der Waals surface area (Å²) < 4.78 is 0. The summed E-state index contributed by atoms with van der Waals surface area (Å²) in [5.41, 5.74) is 7.79. The highest BCUT2D eigenvalue weighted by Crippen LogP contribution is 2.21. The zero-order chi connectivity index (χ0) is 11.5. The van der Waals surface area contributed by atoms with Gasteiger partial charge in [0.05, 0.1) is 5.69 Å². The van der Waals surface area contributed by atoms with E-state index in [1.807, 2.05) is 19.1 Å². The molecule has 4 heteroatoms. The molecule has 0 radical (unpaired) electrons. The van der Waals surface area contributed by atoms with Gasteiger partial charge in [0.25, 0.3) is 0 Å². The van der Waals surface area contributed by atoms with E-state index in [9.17, 15) is 0 Å². The smallest absolute Gasteiger partial charge is 0.152 e. The van der Waals surface area contributed by atoms with Crippen LogP contribution in [0.4, 0.5) is 11.5 Å². The molecule has 0 bridgehead atoms. The van der Waals surface area contributed by atoms with Gasteiger partial charge in [-0.1, -0.05) is 6.92 Å². The largest absolute Gasteiger partial charge is 0.396 e. The molecule has 2 rings (SSSR count). The van der Waals surface area contributed by atoms with Crippen LogP contribution in [0.2, 0.25) is 0 Å². The Kier molecular flexibility index (Phi) is 3.29. The number of pyridine rings is 1. The number of nitrogens with zero attached hydrogens (tertiary/aromatic N) is 3. The number of nitrogens with two attached hydrogens (primary N) is 1. The second kappa shape index (κ2) is 4.70. The Labute approximate surface area is 97.1 Å². The van der Waals surface area contributed by atoms with Crippen molar-refractivity contribution >= 4 is 11.5 Å². The second-order valence-electron chi connectivity index (χ2n) is 4.29. The van der Waals surface area contributed by atoms with Gasteiger partial charge in [0.1, 0.15) is 0 Å². The zero-order valence-electron chi connectivity index (χ0n) is 10.1. The first-order valence-corrected chi connectivity index (χ1v) is 5.91. The van der Waals surface area contributed by atoms with Crippen LogP contribution in [0.25, 0.3) is 0 Å². The predicted molar refractivity (Wildman–Crippen MR) is 67.7 cm³/mol. The number of likely N-dealkylation sites (N-methyl/N-ethyl adjacent to an activating group) is 1. The Hall–Kier alpha value is -1.29. The number of piperazine rings is 1. The lowest BCUT2D eigenvalue weighted by Gasteiger charge is -2.35. The van der Waals surface area contributed by atoms with Crippen LogP contribution in [0.5, 0.6) is 0 Å². The highest BCUT2D eigenvalue weighted by Gasteiger charge is 2.18. The fourth-order valence-corrected chi connectivity index (χ4v) is 2.08. The van der Waals surface area contributed by atoms with E-state index >= 15 is 0 Å². The number of anilines is 2. The highest BCUT2D eigenvalue weighted by molar-refractivity contribution is 5.63. The lowest BCUT2D eigenvalue weighted by atomic mass is 10.2. The summed E-state index contributed by atoms with van der Waals surface area (Å²) in [7, 11) is 0. The Bertz CT molecular complexity index is 356. The topological polar surface area (TPSA) is 45.4 Å². The van der Waals surface area contributed by atoms with Crippen molar-refractivity contribution in [2.75, 3.05) is 43.4 Å². The average Bonchev–Trinajstić information content (AvgIpc) is 2.32. The molecule has 0 saturated carbocycles. The van der Waals surface area contributed by atoms with Crippen molar-refractivity contribution in [3.63, 3.8) is 0 Å². The Balaban J connectivity index is 2.10. The summed E-state index contributed by atoms with van der Waals surface area (Å²) in [5.74, 6) is 0.954. The van der Waals surface area contributed by atoms with Gasteiger partial charge in [-0.05, 0) is 25.6 Å². The molecule has 0 spiro atoms. The monoisotopic (exact) mass is 220 g/mol. The molecule has 0 aliphatic carbocycles. The van der Waals surface area contributed by atoms with E-state index in [1.165, 1.54) is 0 Å². The summed E-state index contributed by atoms with van der Waals surface area (Å²) in [6, 6.07) is 3.91. The van der Waals surface area contributed by atoms with E-state index in [0.717, 1.165) is 49.9 Å². The Morgan fingerprint density at radius 1 is 1.25 bits per heavy atom. The van der Waals surface area contributed by atoms with Crippen molar-refractivity contribution in [1.29, 1.82) is 0 Å². The van der Waals surface area contributed by atoms with Crippen molar-refractivity contribution in [2.45, 2.75) is 13.8 Å². The molecular weight excluding hydrogens is 200 g/mol. The summed E-state index contributed by atoms with van der Waals surface area (Å²) >= 11 is 0. The van der Waals surface area contributed by atoms with Crippen molar-refractivity contribution in [3.05, 3.63) is 17.8 Å². The minimum Gasteiger partial charge on any atom is -0.396 e. The molecule has 1 fully saturated rings. The van der Waals surface area contributed by atoms with Crippen molar-refractivity contribution in [2.24, 2.45) is 0 Å². The molecule has 0 atom stereocenters. The van der Waals surface area contributed by atoms with Crippen molar-refractivity contribution in [3.8, 4) is 0 Å². The standard InChI is InChI=1S/C12H20N4/c1-3-15-6-8-16(9-7-15)12-11(13)5-4-10(2)14-12/h4-5H,3,6-9,13H2,1-2H3. The highest BCUT2D eigenvalue weighted by atomic mass is 15.3. The quantitative estimate of drug-likeness (QED) is 0.811. The summed E-state index contributed by atoms with van der Waals surface area (Å²) in [5, 5.41) is 0. The van der Waals surface area contributed by atoms with Crippen molar-refractivity contribution < 1.29 is 0 Å². The number of aryl methyl sites for hydroxylation is 1. The minimum absolute atomic E-state index is 0.788. The van der Waals surface area contributed by atoms with Gasteiger partial charge in [0.15, 0.2) is 5.82 Å². The van der Waals surface area contributed by atoms with Crippen LogP contribution in [0, 0.1) is 6.92 Å². The molecule has 88 valence electrons. The number of rotatable bonds is 2. The molecule has 0 aromatic carbocycles. The van der Waals surface area contributed by atoms with Gasteiger partial charge in [-0.25, -0.2) is 4.98 Å². The third-order valence-electron chi connectivity index (χ3n) is 3.16. The van der Waals surface area contributed by atoms with Gasteiger partial charge in [-0.3, -0.25) is 0 Å². The molecule has 2 N–H and O–H groups in total. The third-order valence-corrected chi connectivity index (χ3v) is 3.16. The third kappa shape index (κ3) is 2.27. The fourth-order valence-electron chi connectivity index (χ4n) is 2.08. The minimum atomic E-state index is 0.788. The van der Waals surface area contributed by atoms with Crippen LogP contribution in [0.3, 0.4) is 0 Å². The van der Waals surface area contributed by atoms with E-state index in [-0.39, 0.29) is 0 Å². The van der Waals surface area contributed by atoms with Gasteiger partial charge in [-0.2, -0.15) is 0 Å². The van der Waals surface area contributed by atoms with Gasteiger partial charge in [-0.15, -0.1) is 0 Å². The molecule has 0 unspecified atom stereocenters. The van der Waals surface area contributed by atoms with Gasteiger partial charge in [0.2, 0.25) is 0 Å². The molecule has 0 amide bonds. The summed E-state index contributed by atoms with van der Waals surface area (Å²) in [6.07, 6.45) is 0. The van der Waals surface area contributed by atoms with Crippen LogP contribution in [0.1, 0.15) is 12.6 Å². The predicted octanol–water partition coefficient (Wildman–Crippen LogP) is 1.11. The molecule has 1 aliphatic heterocycles. The van der Waals surface area contributed by atoms with Crippen LogP contribution in [-0.2, 0) is 0 Å². The van der Waals surface area contributed by atoms with Crippen LogP contribution < -0.4 is 10.6 Å². The van der Waals surface area contributed by atoms with Crippen molar-refractivity contribution in [1.82, 2.24) is 9.88 Å². The van der Waals surface area contributed by atoms with Gasteiger partial charge < -0.3 is 15.5 Å². The number of nitrogen functional groups attached to an aromatic ring is 1. The average molecular weight is 220 g/mol. The van der Waals surface area contributed by atoms with Gasteiger partial charge in [0, 0.05) is 31.9 Å².